The number of carbonyl (C=O) groups excluding carboxylic acids is 1. The van der Waals surface area contributed by atoms with Gasteiger partial charge in [0, 0.05) is 11.3 Å². The minimum absolute atomic E-state index is 0.284. The van der Waals surface area contributed by atoms with Crippen LogP contribution in [0.25, 0.3) is 0 Å². The summed E-state index contributed by atoms with van der Waals surface area (Å²) in [5, 5.41) is 3.10. The SMILES string of the molecule is COc1ccc(C(=O)NNc2ncnc(Nc3ccccc3)c2N)cc1. The largest absolute Gasteiger partial charge is 0.497 e. The molecule has 1 amide bonds. The average Bonchev–Trinajstić information content (AvgIpc) is 2.69. The molecule has 0 fully saturated rings. The summed E-state index contributed by atoms with van der Waals surface area (Å²) in [6.45, 7) is 0. The van der Waals surface area contributed by atoms with Crippen LogP contribution in [-0.2, 0) is 0 Å². The van der Waals surface area contributed by atoms with Crippen molar-refractivity contribution in [3.8, 4) is 5.75 Å². The second-order valence-corrected chi connectivity index (χ2v) is 5.28. The molecule has 26 heavy (non-hydrogen) atoms. The van der Waals surface area contributed by atoms with Crippen LogP contribution in [0.4, 0.5) is 23.0 Å². The molecule has 0 saturated heterocycles. The van der Waals surface area contributed by atoms with E-state index in [1.54, 1.807) is 31.4 Å². The minimum atomic E-state index is -0.330. The van der Waals surface area contributed by atoms with Gasteiger partial charge in [-0.25, -0.2) is 9.97 Å². The molecule has 0 bridgehead atoms. The van der Waals surface area contributed by atoms with Crippen molar-refractivity contribution in [3.05, 3.63) is 66.5 Å². The van der Waals surface area contributed by atoms with Crippen LogP contribution in [0.15, 0.2) is 60.9 Å². The smallest absolute Gasteiger partial charge is 0.269 e. The molecule has 0 aliphatic heterocycles. The zero-order chi connectivity index (χ0) is 18.4. The Balaban J connectivity index is 1.67. The van der Waals surface area contributed by atoms with E-state index >= 15 is 0 Å². The van der Waals surface area contributed by atoms with Crippen LogP contribution in [0, 0.1) is 0 Å². The molecule has 1 heterocycles. The number of nitrogens with two attached hydrogens (primary N) is 1. The van der Waals surface area contributed by atoms with Crippen molar-refractivity contribution in [2.75, 3.05) is 23.6 Å². The number of anilines is 4. The third-order valence-corrected chi connectivity index (χ3v) is 3.57. The van der Waals surface area contributed by atoms with Gasteiger partial charge < -0.3 is 15.8 Å². The summed E-state index contributed by atoms with van der Waals surface area (Å²) >= 11 is 0. The Morgan fingerprint density at radius 1 is 1.00 bits per heavy atom. The van der Waals surface area contributed by atoms with Gasteiger partial charge in [0.2, 0.25) is 0 Å². The Kier molecular flexibility index (Phi) is 5.14. The van der Waals surface area contributed by atoms with Crippen molar-refractivity contribution in [1.82, 2.24) is 15.4 Å². The number of nitrogens with one attached hydrogen (secondary N) is 3. The predicted octanol–water partition coefficient (Wildman–Crippen LogP) is 2.57. The Labute approximate surface area is 150 Å². The molecule has 0 aliphatic rings. The number of amides is 1. The fourth-order valence-corrected chi connectivity index (χ4v) is 2.18. The lowest BCUT2D eigenvalue weighted by atomic mass is 10.2. The highest BCUT2D eigenvalue weighted by atomic mass is 16.5. The first-order valence-electron chi connectivity index (χ1n) is 7.80. The maximum Gasteiger partial charge on any atom is 0.269 e. The van der Waals surface area contributed by atoms with Gasteiger partial charge in [0.15, 0.2) is 11.6 Å². The quantitative estimate of drug-likeness (QED) is 0.505. The number of hydrogen-bond donors (Lipinski definition) is 4. The summed E-state index contributed by atoms with van der Waals surface area (Å²) in [6, 6.07) is 16.2. The maximum atomic E-state index is 12.2. The molecule has 8 nitrogen and oxygen atoms in total. The number of ether oxygens (including phenoxy) is 1. The Morgan fingerprint density at radius 2 is 1.69 bits per heavy atom. The van der Waals surface area contributed by atoms with E-state index in [4.69, 9.17) is 10.5 Å². The van der Waals surface area contributed by atoms with Crippen molar-refractivity contribution < 1.29 is 9.53 Å². The molecule has 3 aromatic rings. The predicted molar refractivity (Wildman–Crippen MR) is 100 cm³/mol. The summed E-state index contributed by atoms with van der Waals surface area (Å²) in [4.78, 5) is 20.4. The molecule has 0 aliphatic carbocycles. The number of nitrogen functional groups attached to an aromatic ring is 1. The Bertz CT molecular complexity index is 884. The van der Waals surface area contributed by atoms with Gasteiger partial charge in [-0.15, -0.1) is 0 Å². The lowest BCUT2D eigenvalue weighted by molar-refractivity contribution is 0.0962. The number of para-hydroxylation sites is 1. The summed E-state index contributed by atoms with van der Waals surface area (Å²) in [5.41, 5.74) is 12.9. The number of methoxy groups -OCH3 is 1. The standard InChI is InChI=1S/C18H18N6O2/c1-26-14-9-7-12(8-10-14)18(25)24-23-17-15(19)16(20-11-21-17)22-13-5-3-2-4-6-13/h2-11H,19H2,1H3,(H,24,25)(H2,20,21,22,23). The van der Waals surface area contributed by atoms with Gasteiger partial charge >= 0.3 is 0 Å². The number of hydrogen-bond acceptors (Lipinski definition) is 7. The molecule has 132 valence electrons. The Morgan fingerprint density at radius 3 is 2.38 bits per heavy atom. The molecule has 2 aromatic carbocycles. The molecule has 1 aromatic heterocycles. The molecular formula is C18H18N6O2. The first-order valence-corrected chi connectivity index (χ1v) is 7.80. The summed E-state index contributed by atoms with van der Waals surface area (Å²) in [7, 11) is 1.57. The topological polar surface area (TPSA) is 114 Å². The number of aromatic nitrogens is 2. The van der Waals surface area contributed by atoms with Crippen molar-refractivity contribution in [2.45, 2.75) is 0 Å². The van der Waals surface area contributed by atoms with Crippen LogP contribution in [0.3, 0.4) is 0 Å². The van der Waals surface area contributed by atoms with Crippen molar-refractivity contribution in [1.29, 1.82) is 0 Å². The number of hydrazine groups is 1. The highest BCUT2D eigenvalue weighted by Crippen LogP contribution is 2.25. The summed E-state index contributed by atoms with van der Waals surface area (Å²) in [5.74, 6) is 1.07. The molecule has 0 atom stereocenters. The van der Waals surface area contributed by atoms with Crippen LogP contribution in [0.1, 0.15) is 10.4 Å². The van der Waals surface area contributed by atoms with Gasteiger partial charge in [-0.05, 0) is 36.4 Å². The highest BCUT2D eigenvalue weighted by Gasteiger charge is 2.10. The molecular weight excluding hydrogens is 332 g/mol. The van der Waals surface area contributed by atoms with E-state index in [1.807, 2.05) is 30.3 Å². The lowest BCUT2D eigenvalue weighted by Gasteiger charge is -2.13. The molecule has 8 heteroatoms. The molecule has 3 rings (SSSR count). The van der Waals surface area contributed by atoms with Crippen LogP contribution >= 0.6 is 0 Å². The van der Waals surface area contributed by atoms with Crippen LogP contribution in [-0.4, -0.2) is 23.0 Å². The van der Waals surface area contributed by atoms with E-state index < -0.39 is 0 Å². The third-order valence-electron chi connectivity index (χ3n) is 3.57. The second kappa shape index (κ2) is 7.84. The Hall–Kier alpha value is -3.81. The summed E-state index contributed by atoms with van der Waals surface area (Å²) < 4.78 is 5.07. The van der Waals surface area contributed by atoms with E-state index in [-0.39, 0.29) is 11.6 Å². The van der Waals surface area contributed by atoms with Crippen LogP contribution in [0.2, 0.25) is 0 Å². The second-order valence-electron chi connectivity index (χ2n) is 5.28. The van der Waals surface area contributed by atoms with Gasteiger partial charge in [0.25, 0.3) is 5.91 Å². The summed E-state index contributed by atoms with van der Waals surface area (Å²) in [6.07, 6.45) is 1.35. The van der Waals surface area contributed by atoms with Gasteiger partial charge in [-0.1, -0.05) is 18.2 Å². The highest BCUT2D eigenvalue weighted by molar-refractivity contribution is 5.95. The third kappa shape index (κ3) is 3.99. The molecule has 5 N–H and O–H groups in total. The van der Waals surface area contributed by atoms with E-state index in [1.165, 1.54) is 6.33 Å². The van der Waals surface area contributed by atoms with E-state index in [0.29, 0.717) is 22.9 Å². The molecule has 0 spiro atoms. The van der Waals surface area contributed by atoms with Gasteiger partial charge in [0.1, 0.15) is 17.8 Å². The zero-order valence-electron chi connectivity index (χ0n) is 14.1. The number of benzene rings is 2. The first kappa shape index (κ1) is 17.0. The minimum Gasteiger partial charge on any atom is -0.497 e. The van der Waals surface area contributed by atoms with Gasteiger partial charge in [-0.2, -0.15) is 0 Å². The van der Waals surface area contributed by atoms with E-state index in [2.05, 4.69) is 26.1 Å². The van der Waals surface area contributed by atoms with E-state index in [9.17, 15) is 4.79 Å². The molecule has 0 saturated carbocycles. The average molecular weight is 350 g/mol. The van der Waals surface area contributed by atoms with Crippen molar-refractivity contribution in [2.24, 2.45) is 0 Å². The van der Waals surface area contributed by atoms with Crippen LogP contribution < -0.4 is 26.6 Å². The van der Waals surface area contributed by atoms with Crippen molar-refractivity contribution in [3.63, 3.8) is 0 Å². The van der Waals surface area contributed by atoms with E-state index in [0.717, 1.165) is 5.69 Å². The molecule has 0 radical (unpaired) electrons. The number of carbonyl (C=O) groups is 1. The first-order chi connectivity index (χ1) is 12.7. The fraction of sp³-hybridized carbons (Fsp3) is 0.0556. The van der Waals surface area contributed by atoms with Crippen molar-refractivity contribution >= 4 is 28.9 Å². The van der Waals surface area contributed by atoms with Gasteiger partial charge in [-0.3, -0.25) is 15.6 Å². The lowest BCUT2D eigenvalue weighted by Crippen LogP contribution is -2.30. The monoisotopic (exact) mass is 350 g/mol. The number of nitrogens with zero attached hydrogens (tertiary/aromatic N) is 2. The molecule has 0 unspecified atom stereocenters. The maximum absolute atomic E-state index is 12.2. The van der Waals surface area contributed by atoms with Crippen LogP contribution in [0.5, 0.6) is 5.75 Å². The van der Waals surface area contributed by atoms with Gasteiger partial charge in [0.05, 0.1) is 7.11 Å². The normalized spacial score (nSPS) is 10.0. The number of rotatable bonds is 6. The zero-order valence-corrected chi connectivity index (χ0v) is 14.1. The fourth-order valence-electron chi connectivity index (χ4n) is 2.18.